The molecule has 7 heteroatoms. The maximum Gasteiger partial charge on any atom is 0.416 e. The van der Waals surface area contributed by atoms with Crippen LogP contribution < -0.4 is 4.74 Å². The van der Waals surface area contributed by atoms with Gasteiger partial charge >= 0.3 is 12.1 Å². The minimum Gasteiger partial charge on any atom is -0.497 e. The number of esters is 1. The second-order valence-electron chi connectivity index (χ2n) is 8.53. The summed E-state index contributed by atoms with van der Waals surface area (Å²) in [6.45, 7) is 9.05. The van der Waals surface area contributed by atoms with Gasteiger partial charge < -0.3 is 14.2 Å². The monoisotopic (exact) mass is 450 g/mol. The smallest absolute Gasteiger partial charge is 0.416 e. The molecule has 1 unspecified atom stereocenters. The molecule has 0 saturated heterocycles. The Hall–Kier alpha value is -3.61. The first kappa shape index (κ1) is 24.0. The third-order valence-electron chi connectivity index (χ3n) is 4.97. The van der Waals surface area contributed by atoms with E-state index in [0.717, 1.165) is 5.56 Å². The Morgan fingerprint density at radius 2 is 1.67 bits per heavy atom. The molecule has 0 saturated carbocycles. The van der Waals surface area contributed by atoms with Crippen molar-refractivity contribution in [2.24, 2.45) is 4.99 Å². The highest BCUT2D eigenvalue weighted by atomic mass is 16.6. The highest BCUT2D eigenvalue weighted by molar-refractivity contribution is 6.07. The molecular weight excluding hydrogens is 420 g/mol. The van der Waals surface area contributed by atoms with Crippen LogP contribution in [-0.4, -0.2) is 42.1 Å². The van der Waals surface area contributed by atoms with Gasteiger partial charge in [-0.2, -0.15) is 0 Å². The van der Waals surface area contributed by atoms with E-state index in [1.54, 1.807) is 53.9 Å². The second-order valence-corrected chi connectivity index (χ2v) is 8.53. The lowest BCUT2D eigenvalue weighted by atomic mass is 9.91. The minimum absolute atomic E-state index is 0.189. The van der Waals surface area contributed by atoms with Gasteiger partial charge in [0.25, 0.3) is 0 Å². The molecule has 0 N–H and O–H groups in total. The highest BCUT2D eigenvalue weighted by Crippen LogP contribution is 2.40. The molecule has 174 valence electrons. The summed E-state index contributed by atoms with van der Waals surface area (Å²) in [7, 11) is 1.59. The van der Waals surface area contributed by atoms with Crippen LogP contribution in [0.2, 0.25) is 0 Å². The number of ether oxygens (including phenoxy) is 3. The Labute approximate surface area is 194 Å². The number of aliphatic imine (C=N–C) groups is 1. The number of hydrogen-bond donors (Lipinski definition) is 0. The van der Waals surface area contributed by atoms with Crippen LogP contribution in [0.3, 0.4) is 0 Å². The largest absolute Gasteiger partial charge is 0.497 e. The lowest BCUT2D eigenvalue weighted by Crippen LogP contribution is -2.45. The third-order valence-corrected chi connectivity index (χ3v) is 4.97. The van der Waals surface area contributed by atoms with E-state index >= 15 is 0 Å². The molecule has 0 bridgehead atoms. The normalized spacial score (nSPS) is 16.2. The second kappa shape index (κ2) is 9.90. The highest BCUT2D eigenvalue weighted by Gasteiger charge is 2.41. The minimum atomic E-state index is -0.769. The maximum atomic E-state index is 13.3. The van der Waals surface area contributed by atoms with Gasteiger partial charge in [-0.3, -0.25) is 4.90 Å². The first-order valence-electron chi connectivity index (χ1n) is 10.8. The fraction of sp³-hybridized carbons (Fsp3) is 0.346. The lowest BCUT2D eigenvalue weighted by Gasteiger charge is -2.37. The van der Waals surface area contributed by atoms with Crippen molar-refractivity contribution in [1.29, 1.82) is 0 Å². The van der Waals surface area contributed by atoms with Gasteiger partial charge in [0.1, 0.15) is 23.2 Å². The summed E-state index contributed by atoms with van der Waals surface area (Å²) in [4.78, 5) is 32.7. The van der Waals surface area contributed by atoms with Crippen LogP contribution in [0.4, 0.5) is 4.79 Å². The zero-order valence-electron chi connectivity index (χ0n) is 19.9. The van der Waals surface area contributed by atoms with E-state index in [4.69, 9.17) is 14.2 Å². The van der Waals surface area contributed by atoms with Crippen molar-refractivity contribution in [1.82, 2.24) is 4.90 Å². The topological polar surface area (TPSA) is 77.4 Å². The Morgan fingerprint density at radius 1 is 1.03 bits per heavy atom. The van der Waals surface area contributed by atoms with Gasteiger partial charge in [-0.15, -0.1) is 0 Å². The molecule has 2 aromatic rings. The Kier molecular flexibility index (Phi) is 7.21. The average Bonchev–Trinajstić information content (AvgIpc) is 2.77. The van der Waals surface area contributed by atoms with Crippen molar-refractivity contribution < 1.29 is 23.8 Å². The average molecular weight is 451 g/mol. The van der Waals surface area contributed by atoms with Crippen molar-refractivity contribution >= 4 is 23.6 Å². The molecule has 0 spiro atoms. The van der Waals surface area contributed by atoms with E-state index in [1.807, 2.05) is 42.5 Å². The lowest BCUT2D eigenvalue weighted by molar-refractivity contribution is -0.139. The van der Waals surface area contributed by atoms with Crippen LogP contribution in [0, 0.1) is 0 Å². The number of methoxy groups -OCH3 is 1. The zero-order chi connectivity index (χ0) is 24.2. The molecule has 1 heterocycles. The van der Waals surface area contributed by atoms with Crippen molar-refractivity contribution in [3.63, 3.8) is 0 Å². The number of carbonyl (C=O) groups is 2. The molecule has 1 aliphatic heterocycles. The molecule has 7 nitrogen and oxygen atoms in total. The number of amides is 1. The van der Waals surface area contributed by atoms with Crippen LogP contribution in [-0.2, 0) is 14.3 Å². The van der Waals surface area contributed by atoms with Gasteiger partial charge in [0.05, 0.1) is 25.0 Å². The van der Waals surface area contributed by atoms with Crippen LogP contribution in [0.5, 0.6) is 5.75 Å². The van der Waals surface area contributed by atoms with Gasteiger partial charge in [0.15, 0.2) is 0 Å². The predicted octanol–water partition coefficient (Wildman–Crippen LogP) is 5.38. The molecule has 0 aromatic heterocycles. The summed E-state index contributed by atoms with van der Waals surface area (Å²) < 4.78 is 16.4. The van der Waals surface area contributed by atoms with Crippen LogP contribution in [0.15, 0.2) is 65.2 Å². The molecule has 1 amide bonds. The van der Waals surface area contributed by atoms with E-state index in [-0.39, 0.29) is 12.2 Å². The third kappa shape index (κ3) is 5.42. The van der Waals surface area contributed by atoms with E-state index in [1.165, 1.54) is 4.90 Å². The number of rotatable bonds is 5. The number of amidine groups is 1. The molecule has 2 aromatic carbocycles. The van der Waals surface area contributed by atoms with Gasteiger partial charge in [-0.1, -0.05) is 30.3 Å². The van der Waals surface area contributed by atoms with Crippen molar-refractivity contribution in [3.05, 3.63) is 71.3 Å². The van der Waals surface area contributed by atoms with Crippen LogP contribution in [0.1, 0.15) is 51.8 Å². The summed E-state index contributed by atoms with van der Waals surface area (Å²) >= 11 is 0. The van der Waals surface area contributed by atoms with Gasteiger partial charge in [-0.25, -0.2) is 14.6 Å². The molecule has 3 rings (SSSR count). The van der Waals surface area contributed by atoms with Gasteiger partial charge in [0.2, 0.25) is 0 Å². The number of nitrogens with zero attached hydrogens (tertiary/aromatic N) is 2. The van der Waals surface area contributed by atoms with Crippen LogP contribution >= 0.6 is 0 Å². The fourth-order valence-corrected chi connectivity index (χ4v) is 3.61. The molecule has 0 fully saturated rings. The summed E-state index contributed by atoms with van der Waals surface area (Å²) in [6.07, 6.45) is -0.590. The quantitative estimate of drug-likeness (QED) is 0.572. The predicted molar refractivity (Wildman–Crippen MR) is 127 cm³/mol. The Bertz CT molecular complexity index is 1070. The van der Waals surface area contributed by atoms with Gasteiger partial charge in [-0.05, 0) is 64.4 Å². The molecule has 1 atom stereocenters. The summed E-state index contributed by atoms with van der Waals surface area (Å²) in [5.74, 6) is 0.558. The van der Waals surface area contributed by atoms with E-state index in [0.29, 0.717) is 22.8 Å². The Morgan fingerprint density at radius 3 is 2.21 bits per heavy atom. The standard InChI is InChI=1S/C26H30N2O5/c1-7-32-24(29)21-22(18-13-15-20(31-6)16-14-18)27-17(2)28(25(30)33-26(3,4)5)23(21)19-11-9-8-10-12-19/h8-16,23H,7H2,1-6H3. The van der Waals surface area contributed by atoms with Crippen molar-refractivity contribution in [2.75, 3.05) is 13.7 Å². The van der Waals surface area contributed by atoms with E-state index in [2.05, 4.69) is 4.99 Å². The van der Waals surface area contributed by atoms with Crippen molar-refractivity contribution in [3.8, 4) is 5.75 Å². The first-order valence-corrected chi connectivity index (χ1v) is 10.8. The summed E-state index contributed by atoms with van der Waals surface area (Å²) in [5.41, 5.74) is 1.45. The summed E-state index contributed by atoms with van der Waals surface area (Å²) in [5, 5.41) is 0. The zero-order valence-corrected chi connectivity index (χ0v) is 19.9. The van der Waals surface area contributed by atoms with Crippen molar-refractivity contribution in [2.45, 2.75) is 46.3 Å². The molecule has 1 aliphatic rings. The number of carbonyl (C=O) groups excluding carboxylic acids is 2. The van der Waals surface area contributed by atoms with Crippen LogP contribution in [0.25, 0.3) is 5.70 Å². The van der Waals surface area contributed by atoms with E-state index < -0.39 is 23.7 Å². The molecule has 0 aliphatic carbocycles. The fourth-order valence-electron chi connectivity index (χ4n) is 3.61. The number of benzene rings is 2. The molecule has 33 heavy (non-hydrogen) atoms. The molecule has 0 radical (unpaired) electrons. The van der Waals surface area contributed by atoms with Gasteiger partial charge in [0, 0.05) is 5.56 Å². The first-order chi connectivity index (χ1) is 15.7. The number of hydrogen-bond acceptors (Lipinski definition) is 6. The van der Waals surface area contributed by atoms with E-state index in [9.17, 15) is 9.59 Å². The maximum absolute atomic E-state index is 13.3. The SMILES string of the molecule is CCOC(=O)C1=C(c2ccc(OC)cc2)N=C(C)N(C(=O)OC(C)(C)C)C1c1ccccc1. The molecular formula is C26H30N2O5. The Balaban J connectivity index is 2.25. The summed E-state index contributed by atoms with van der Waals surface area (Å²) in [6, 6.07) is 15.8.